The Morgan fingerprint density at radius 1 is 0.262 bits per heavy atom. The summed E-state index contributed by atoms with van der Waals surface area (Å²) in [5, 5.41) is 7.65. The number of anilines is 3. The maximum absolute atomic E-state index is 2.55. The first-order valence-corrected chi connectivity index (χ1v) is 22.4. The van der Waals surface area contributed by atoms with E-state index in [2.05, 4.69) is 229 Å². The van der Waals surface area contributed by atoms with Gasteiger partial charge in [-0.25, -0.2) is 0 Å². The predicted molar refractivity (Wildman–Crippen MR) is 266 cm³/mol. The zero-order valence-electron chi connectivity index (χ0n) is 33.1. The first-order valence-electron chi connectivity index (χ1n) is 20.8. The van der Waals surface area contributed by atoms with E-state index in [0.29, 0.717) is 0 Å². The number of hydrogen-bond acceptors (Lipinski definition) is 3. The van der Waals surface area contributed by atoms with Gasteiger partial charge in [0.15, 0.2) is 0 Å². The molecule has 2 aromatic heterocycles. The molecule has 0 amide bonds. The first-order chi connectivity index (χ1) is 30.3. The second kappa shape index (κ2) is 14.8. The topological polar surface area (TPSA) is 3.24 Å². The van der Waals surface area contributed by atoms with Crippen molar-refractivity contribution in [2.75, 3.05) is 4.90 Å². The molecule has 0 atom stereocenters. The molecule has 0 aliphatic heterocycles. The highest BCUT2D eigenvalue weighted by atomic mass is 32.1. The van der Waals surface area contributed by atoms with E-state index in [9.17, 15) is 0 Å². The molecule has 0 aliphatic rings. The highest BCUT2D eigenvalue weighted by molar-refractivity contribution is 7.26. The Morgan fingerprint density at radius 2 is 0.705 bits per heavy atom. The Morgan fingerprint density at radius 3 is 1.39 bits per heavy atom. The number of hydrogen-bond donors (Lipinski definition) is 0. The van der Waals surface area contributed by atoms with E-state index in [1.54, 1.807) is 0 Å². The van der Waals surface area contributed by atoms with Crippen LogP contribution in [-0.2, 0) is 0 Å². The number of thiophene rings is 2. The molecule has 0 saturated heterocycles. The van der Waals surface area contributed by atoms with E-state index in [-0.39, 0.29) is 0 Å². The average Bonchev–Trinajstić information content (AvgIpc) is 3.91. The van der Waals surface area contributed by atoms with Crippen LogP contribution < -0.4 is 4.90 Å². The summed E-state index contributed by atoms with van der Waals surface area (Å²) < 4.78 is 5.20. The van der Waals surface area contributed by atoms with Crippen LogP contribution in [-0.4, -0.2) is 0 Å². The summed E-state index contributed by atoms with van der Waals surface area (Å²) in [6, 6.07) is 82.5. The molecule has 61 heavy (non-hydrogen) atoms. The maximum atomic E-state index is 2.55. The molecular weight excluding hydrogens is 775 g/mol. The molecule has 286 valence electrons. The Labute approximate surface area is 362 Å². The van der Waals surface area contributed by atoms with Gasteiger partial charge in [0.1, 0.15) is 0 Å². The smallest absolute Gasteiger partial charge is 0.0541 e. The highest BCUT2D eigenvalue weighted by Crippen LogP contribution is 2.52. The van der Waals surface area contributed by atoms with Crippen molar-refractivity contribution in [3.05, 3.63) is 224 Å². The summed E-state index contributed by atoms with van der Waals surface area (Å²) >= 11 is 3.75. The van der Waals surface area contributed by atoms with E-state index < -0.39 is 0 Å². The lowest BCUT2D eigenvalue weighted by atomic mass is 9.90. The zero-order chi connectivity index (χ0) is 40.3. The van der Waals surface area contributed by atoms with Crippen molar-refractivity contribution in [1.82, 2.24) is 0 Å². The van der Waals surface area contributed by atoms with Gasteiger partial charge in [0.05, 0.1) is 17.1 Å². The van der Waals surface area contributed by atoms with Crippen molar-refractivity contribution in [3.8, 4) is 44.5 Å². The Balaban J connectivity index is 1.17. The van der Waals surface area contributed by atoms with Crippen molar-refractivity contribution in [3.63, 3.8) is 0 Å². The van der Waals surface area contributed by atoms with Gasteiger partial charge in [0, 0.05) is 62.6 Å². The monoisotopic (exact) mass is 811 g/mol. The van der Waals surface area contributed by atoms with Crippen molar-refractivity contribution < 1.29 is 0 Å². The third-order valence-corrected chi connectivity index (χ3v) is 14.5. The van der Waals surface area contributed by atoms with Gasteiger partial charge in [-0.3, -0.25) is 0 Å². The molecule has 0 radical (unpaired) electrons. The highest BCUT2D eigenvalue weighted by Gasteiger charge is 2.26. The molecule has 0 bridgehead atoms. The zero-order valence-corrected chi connectivity index (χ0v) is 34.8. The SMILES string of the molecule is c1ccc(-c2cccc3cccc(-c4ccccc4N(c4ccccc4-c4cccc5c4sc4ccccc45)c4ccccc4-c4cccc5sc6ccccc6c45)c23)cc1. The molecule has 1 nitrogen and oxygen atoms in total. The molecule has 12 rings (SSSR count). The van der Waals surface area contributed by atoms with E-state index >= 15 is 0 Å². The van der Waals surface area contributed by atoms with Gasteiger partial charge in [0.2, 0.25) is 0 Å². The molecule has 0 spiro atoms. The number of rotatable bonds is 7. The molecule has 12 aromatic rings. The number of benzene rings is 10. The minimum atomic E-state index is 1.11. The van der Waals surface area contributed by atoms with Crippen molar-refractivity contribution in [2.45, 2.75) is 0 Å². The molecule has 0 unspecified atom stereocenters. The minimum absolute atomic E-state index is 1.11. The van der Waals surface area contributed by atoms with Crippen LogP contribution in [0.25, 0.3) is 95.6 Å². The molecular formula is C58H37NS2. The van der Waals surface area contributed by atoms with Crippen molar-refractivity contribution in [2.24, 2.45) is 0 Å². The average molecular weight is 812 g/mol. The van der Waals surface area contributed by atoms with Crippen LogP contribution in [0.1, 0.15) is 0 Å². The molecule has 10 aromatic carbocycles. The number of fused-ring (bicyclic) bond motifs is 7. The van der Waals surface area contributed by atoms with Crippen molar-refractivity contribution >= 4 is 90.9 Å². The van der Waals surface area contributed by atoms with E-state index in [1.807, 2.05) is 22.7 Å². The summed E-state index contributed by atoms with van der Waals surface area (Å²) in [4.78, 5) is 2.55. The lowest BCUT2D eigenvalue weighted by Crippen LogP contribution is -2.13. The van der Waals surface area contributed by atoms with Crippen LogP contribution in [0.2, 0.25) is 0 Å². The normalized spacial score (nSPS) is 11.6. The predicted octanol–water partition coefficient (Wildman–Crippen LogP) is 17.7. The molecule has 3 heteroatoms. The second-order valence-corrected chi connectivity index (χ2v) is 17.7. The first kappa shape index (κ1) is 35.6. The van der Waals surface area contributed by atoms with Crippen LogP contribution in [0.15, 0.2) is 224 Å². The molecule has 0 aliphatic carbocycles. The molecule has 0 saturated carbocycles. The van der Waals surface area contributed by atoms with Crippen LogP contribution in [0.5, 0.6) is 0 Å². The van der Waals surface area contributed by atoms with Crippen LogP contribution in [0.4, 0.5) is 17.1 Å². The van der Waals surface area contributed by atoms with Crippen LogP contribution in [0, 0.1) is 0 Å². The maximum Gasteiger partial charge on any atom is 0.0541 e. The Hall–Kier alpha value is -7.30. The lowest BCUT2D eigenvalue weighted by Gasteiger charge is -2.32. The quantitative estimate of drug-likeness (QED) is 0.155. The summed E-state index contributed by atoms with van der Waals surface area (Å²) in [7, 11) is 0. The standard InChI is InChI=1S/C58H37NS2/c1-2-18-38(19-3-1)40-27-14-20-39-21-15-28-45(56(39)40)41-22-4-9-32-50(41)59(51-33-10-5-23-42(51)46-29-17-37-55-57(46)49-26-8-13-36-54(49)60-55)52-34-11-6-24-43(52)47-30-16-31-48-44-25-7-12-35-53(44)61-58(47)48/h1-37H. The largest absolute Gasteiger partial charge is 0.309 e. The Bertz CT molecular complexity index is 3610. The van der Waals surface area contributed by atoms with E-state index in [1.165, 1.54) is 95.6 Å². The number of para-hydroxylation sites is 3. The fourth-order valence-corrected chi connectivity index (χ4v) is 11.8. The molecule has 2 heterocycles. The van der Waals surface area contributed by atoms with E-state index in [4.69, 9.17) is 0 Å². The summed E-state index contributed by atoms with van der Waals surface area (Å²) in [6.45, 7) is 0. The van der Waals surface area contributed by atoms with Gasteiger partial charge in [-0.05, 0) is 69.4 Å². The number of nitrogens with zero attached hydrogens (tertiary/aromatic N) is 1. The van der Waals surface area contributed by atoms with Crippen LogP contribution >= 0.6 is 22.7 Å². The lowest BCUT2D eigenvalue weighted by molar-refractivity contribution is 1.29. The van der Waals surface area contributed by atoms with Gasteiger partial charge in [-0.2, -0.15) is 0 Å². The van der Waals surface area contributed by atoms with Gasteiger partial charge >= 0.3 is 0 Å². The van der Waals surface area contributed by atoms with Gasteiger partial charge < -0.3 is 4.90 Å². The third-order valence-electron chi connectivity index (χ3n) is 12.1. The van der Waals surface area contributed by atoms with Gasteiger partial charge in [-0.15, -0.1) is 22.7 Å². The van der Waals surface area contributed by atoms with E-state index in [0.717, 1.165) is 17.1 Å². The van der Waals surface area contributed by atoms with Gasteiger partial charge in [-0.1, -0.05) is 188 Å². The fourth-order valence-electron chi connectivity index (χ4n) is 9.46. The summed E-state index contributed by atoms with van der Waals surface area (Å²) in [6.07, 6.45) is 0. The molecule has 0 N–H and O–H groups in total. The molecule has 0 fully saturated rings. The fraction of sp³-hybridized carbons (Fsp3) is 0. The van der Waals surface area contributed by atoms with Crippen LogP contribution in [0.3, 0.4) is 0 Å². The van der Waals surface area contributed by atoms with Crippen molar-refractivity contribution in [1.29, 1.82) is 0 Å². The third kappa shape index (κ3) is 5.89. The summed E-state index contributed by atoms with van der Waals surface area (Å²) in [5.41, 5.74) is 13.0. The summed E-state index contributed by atoms with van der Waals surface area (Å²) in [5.74, 6) is 0. The van der Waals surface area contributed by atoms with Gasteiger partial charge in [0.25, 0.3) is 0 Å². The Kier molecular flexibility index (Phi) is 8.62. The minimum Gasteiger partial charge on any atom is -0.309 e. The second-order valence-electron chi connectivity index (χ2n) is 15.5.